The molecule has 0 aromatic heterocycles. The van der Waals surface area contributed by atoms with Crippen molar-refractivity contribution in [3.8, 4) is 0 Å². The fourth-order valence-corrected chi connectivity index (χ4v) is 2.09. The number of nitrogens with one attached hydrogen (secondary N) is 1. The van der Waals surface area contributed by atoms with E-state index in [-0.39, 0.29) is 0 Å². The molecule has 0 aliphatic carbocycles. The van der Waals surface area contributed by atoms with E-state index in [1.165, 1.54) is 0 Å². The summed E-state index contributed by atoms with van der Waals surface area (Å²) in [7, 11) is 0. The van der Waals surface area contributed by atoms with Crippen LogP contribution in [-0.4, -0.2) is 74.3 Å². The van der Waals surface area contributed by atoms with Gasteiger partial charge in [-0.15, -0.1) is 0 Å². The van der Waals surface area contributed by atoms with Gasteiger partial charge in [0, 0.05) is 0 Å². The lowest BCUT2D eigenvalue weighted by molar-refractivity contribution is -0.175. The molecule has 0 aromatic rings. The van der Waals surface area contributed by atoms with Crippen molar-refractivity contribution in [1.82, 2.24) is 10.2 Å². The Kier molecular flexibility index (Phi) is 2.58. The SMILES string of the molecule is O=C1N[C@@H]2[C@@H](O)[C@@H](O)C(O)[C@@H](CO)N2C1=O. The Hall–Kier alpha value is -1.22. The highest BCUT2D eigenvalue weighted by Gasteiger charge is 2.54. The summed E-state index contributed by atoms with van der Waals surface area (Å²) in [5.74, 6) is -1.86. The number of aliphatic hydroxyl groups excluding tert-OH is 4. The molecule has 0 saturated carbocycles. The summed E-state index contributed by atoms with van der Waals surface area (Å²) < 4.78 is 0. The van der Waals surface area contributed by atoms with Crippen LogP contribution in [0.4, 0.5) is 0 Å². The molecular formula is C8H12N2O6. The Labute approximate surface area is 90.1 Å². The zero-order valence-electron chi connectivity index (χ0n) is 8.15. The van der Waals surface area contributed by atoms with E-state index in [0.29, 0.717) is 0 Å². The highest BCUT2D eigenvalue weighted by Crippen LogP contribution is 2.26. The summed E-state index contributed by atoms with van der Waals surface area (Å²) in [6.07, 6.45) is -5.60. The molecule has 8 nitrogen and oxygen atoms in total. The van der Waals surface area contributed by atoms with E-state index in [2.05, 4.69) is 5.32 Å². The number of amides is 2. The molecule has 2 rings (SSSR count). The smallest absolute Gasteiger partial charge is 0.314 e. The van der Waals surface area contributed by atoms with Crippen LogP contribution in [0, 0.1) is 0 Å². The van der Waals surface area contributed by atoms with Gasteiger partial charge in [-0.3, -0.25) is 9.59 Å². The first-order valence-electron chi connectivity index (χ1n) is 4.77. The van der Waals surface area contributed by atoms with Crippen LogP contribution in [0.1, 0.15) is 0 Å². The lowest BCUT2D eigenvalue weighted by Gasteiger charge is -2.44. The molecule has 2 aliphatic rings. The van der Waals surface area contributed by atoms with E-state index < -0.39 is 48.9 Å². The largest absolute Gasteiger partial charge is 0.394 e. The predicted octanol–water partition coefficient (Wildman–Crippen LogP) is -4.27. The van der Waals surface area contributed by atoms with Gasteiger partial charge in [-0.25, -0.2) is 0 Å². The van der Waals surface area contributed by atoms with E-state index in [1.54, 1.807) is 0 Å². The van der Waals surface area contributed by atoms with E-state index >= 15 is 0 Å². The minimum absolute atomic E-state index is 0.609. The van der Waals surface area contributed by atoms with Crippen molar-refractivity contribution in [3.63, 3.8) is 0 Å². The van der Waals surface area contributed by atoms with E-state index in [9.17, 15) is 24.9 Å². The number of carbonyl (C=O) groups excluding carboxylic acids is 2. The van der Waals surface area contributed by atoms with Crippen molar-refractivity contribution in [1.29, 1.82) is 0 Å². The summed E-state index contributed by atoms with van der Waals surface area (Å²) in [5, 5.41) is 39.8. The molecule has 2 saturated heterocycles. The Morgan fingerprint density at radius 1 is 1.12 bits per heavy atom. The molecule has 2 amide bonds. The number of nitrogens with zero attached hydrogens (tertiary/aromatic N) is 1. The van der Waals surface area contributed by atoms with Gasteiger partial charge in [0.2, 0.25) is 0 Å². The van der Waals surface area contributed by atoms with Crippen LogP contribution in [0.5, 0.6) is 0 Å². The number of hydrogen-bond acceptors (Lipinski definition) is 6. The Morgan fingerprint density at radius 3 is 2.31 bits per heavy atom. The topological polar surface area (TPSA) is 130 Å². The standard InChI is InChI=1S/C8H12N2O6/c11-1-2-3(12)4(13)5(14)6-9-7(15)8(16)10(2)6/h2-6,11-14H,1H2,(H,9,15)/t2-,3?,4+,5+,6+/m1/s1. The van der Waals surface area contributed by atoms with Crippen LogP contribution in [0.2, 0.25) is 0 Å². The number of hydrogen-bond donors (Lipinski definition) is 5. The number of aliphatic hydroxyl groups is 4. The van der Waals surface area contributed by atoms with Gasteiger partial charge in [0.15, 0.2) is 0 Å². The summed E-state index contributed by atoms with van der Waals surface area (Å²) in [5.41, 5.74) is 0. The highest BCUT2D eigenvalue weighted by atomic mass is 16.4. The molecular weight excluding hydrogens is 220 g/mol. The van der Waals surface area contributed by atoms with Crippen molar-refractivity contribution >= 4 is 11.8 Å². The van der Waals surface area contributed by atoms with Gasteiger partial charge >= 0.3 is 11.8 Å². The van der Waals surface area contributed by atoms with Crippen molar-refractivity contribution in [3.05, 3.63) is 0 Å². The van der Waals surface area contributed by atoms with Crippen LogP contribution in [0.25, 0.3) is 0 Å². The molecule has 0 bridgehead atoms. The minimum atomic E-state index is -1.52. The molecule has 2 fully saturated rings. The zero-order valence-corrected chi connectivity index (χ0v) is 8.15. The molecule has 2 aliphatic heterocycles. The Balaban J connectivity index is 2.35. The van der Waals surface area contributed by atoms with Crippen LogP contribution >= 0.6 is 0 Å². The van der Waals surface area contributed by atoms with Crippen LogP contribution in [0.15, 0.2) is 0 Å². The molecule has 0 aromatic carbocycles. The number of carbonyl (C=O) groups is 2. The van der Waals surface area contributed by atoms with Crippen molar-refractivity contribution < 1.29 is 30.0 Å². The summed E-state index contributed by atoms with van der Waals surface area (Å²) >= 11 is 0. The second kappa shape index (κ2) is 3.67. The monoisotopic (exact) mass is 232 g/mol. The predicted molar refractivity (Wildman–Crippen MR) is 47.7 cm³/mol. The number of fused-ring (bicyclic) bond motifs is 1. The first kappa shape index (κ1) is 11.3. The molecule has 5 atom stereocenters. The lowest BCUT2D eigenvalue weighted by atomic mass is 9.92. The van der Waals surface area contributed by atoms with Gasteiger partial charge in [0.25, 0.3) is 0 Å². The maximum absolute atomic E-state index is 11.4. The van der Waals surface area contributed by atoms with Gasteiger partial charge in [-0.1, -0.05) is 0 Å². The normalized spacial score (nSPS) is 43.2. The fourth-order valence-electron chi connectivity index (χ4n) is 2.09. The molecule has 16 heavy (non-hydrogen) atoms. The summed E-state index contributed by atoms with van der Waals surface area (Å²) in [4.78, 5) is 23.4. The quantitative estimate of drug-likeness (QED) is 0.291. The first-order valence-corrected chi connectivity index (χ1v) is 4.77. The fraction of sp³-hybridized carbons (Fsp3) is 0.750. The molecule has 90 valence electrons. The zero-order chi connectivity index (χ0) is 12.0. The number of rotatable bonds is 1. The molecule has 8 heteroatoms. The average molecular weight is 232 g/mol. The number of piperidine rings is 1. The van der Waals surface area contributed by atoms with Gasteiger partial charge in [0.1, 0.15) is 24.5 Å². The highest BCUT2D eigenvalue weighted by molar-refractivity contribution is 6.37. The van der Waals surface area contributed by atoms with Crippen LogP contribution in [-0.2, 0) is 9.59 Å². The minimum Gasteiger partial charge on any atom is -0.394 e. The Morgan fingerprint density at radius 2 is 1.75 bits per heavy atom. The van der Waals surface area contributed by atoms with Crippen LogP contribution in [0.3, 0.4) is 0 Å². The van der Waals surface area contributed by atoms with Crippen molar-refractivity contribution in [2.24, 2.45) is 0 Å². The summed E-state index contributed by atoms with van der Waals surface area (Å²) in [6.45, 7) is -0.609. The lowest BCUT2D eigenvalue weighted by Crippen LogP contribution is -2.68. The van der Waals surface area contributed by atoms with E-state index in [4.69, 9.17) is 5.11 Å². The third kappa shape index (κ3) is 1.31. The molecule has 0 radical (unpaired) electrons. The maximum Gasteiger partial charge on any atom is 0.314 e. The van der Waals surface area contributed by atoms with Gasteiger partial charge < -0.3 is 30.6 Å². The molecule has 5 N–H and O–H groups in total. The summed E-state index contributed by atoms with van der Waals surface area (Å²) in [6, 6.07) is -1.10. The molecule has 0 spiro atoms. The second-order valence-electron chi connectivity index (χ2n) is 3.85. The molecule has 1 unspecified atom stereocenters. The maximum atomic E-state index is 11.4. The average Bonchev–Trinajstić information content (AvgIpc) is 2.55. The van der Waals surface area contributed by atoms with Gasteiger partial charge in [-0.2, -0.15) is 0 Å². The van der Waals surface area contributed by atoms with E-state index in [1.807, 2.05) is 0 Å². The second-order valence-corrected chi connectivity index (χ2v) is 3.85. The van der Waals surface area contributed by atoms with E-state index in [0.717, 1.165) is 4.90 Å². The van der Waals surface area contributed by atoms with Crippen LogP contribution < -0.4 is 5.32 Å². The van der Waals surface area contributed by atoms with Gasteiger partial charge in [0.05, 0.1) is 12.6 Å². The first-order chi connectivity index (χ1) is 7.49. The molecule has 2 heterocycles. The third-order valence-electron chi connectivity index (χ3n) is 2.97. The van der Waals surface area contributed by atoms with Gasteiger partial charge in [-0.05, 0) is 0 Å². The third-order valence-corrected chi connectivity index (χ3v) is 2.97. The van der Waals surface area contributed by atoms with Crippen molar-refractivity contribution in [2.75, 3.05) is 6.61 Å². The Bertz CT molecular complexity index is 334. The van der Waals surface area contributed by atoms with Crippen molar-refractivity contribution in [2.45, 2.75) is 30.5 Å².